The molecule has 0 radical (unpaired) electrons. The Bertz CT molecular complexity index is 586. The number of hydrogen-bond donors (Lipinski definition) is 1. The molecule has 0 fully saturated rings. The highest BCUT2D eigenvalue weighted by molar-refractivity contribution is 7.10. The summed E-state index contributed by atoms with van der Waals surface area (Å²) in [6, 6.07) is 11.9. The van der Waals surface area contributed by atoms with Crippen LogP contribution in [0.25, 0.3) is 0 Å². The number of carbonyl (C=O) groups excluding carboxylic acids is 1. The van der Waals surface area contributed by atoms with Crippen LogP contribution < -0.4 is 5.32 Å². The van der Waals surface area contributed by atoms with Crippen molar-refractivity contribution in [3.05, 3.63) is 57.2 Å². The van der Waals surface area contributed by atoms with Crippen LogP contribution in [0.2, 0.25) is 5.02 Å². The second-order valence-corrected chi connectivity index (χ2v) is 6.43. The lowest BCUT2D eigenvalue weighted by Gasteiger charge is -2.23. The molecule has 0 aliphatic heterocycles. The van der Waals surface area contributed by atoms with E-state index in [-0.39, 0.29) is 11.9 Å². The van der Waals surface area contributed by atoms with Gasteiger partial charge in [0.1, 0.15) is 0 Å². The standard InChI is InChI=1S/C16H19ClN2OS/c1-12(15-7-4-8-21-15)19(2)11-16(20)18-10-13-5-3-6-14(17)9-13/h3-9,12H,10-11H2,1-2H3,(H,18,20). The summed E-state index contributed by atoms with van der Waals surface area (Å²) in [6.07, 6.45) is 0. The van der Waals surface area contributed by atoms with Crippen LogP contribution in [0.3, 0.4) is 0 Å². The van der Waals surface area contributed by atoms with Gasteiger partial charge in [-0.1, -0.05) is 29.8 Å². The van der Waals surface area contributed by atoms with E-state index in [0.29, 0.717) is 18.1 Å². The molecule has 1 aromatic carbocycles. The number of carbonyl (C=O) groups is 1. The largest absolute Gasteiger partial charge is 0.351 e. The van der Waals surface area contributed by atoms with Crippen molar-refractivity contribution in [1.29, 1.82) is 0 Å². The smallest absolute Gasteiger partial charge is 0.234 e. The number of thiophene rings is 1. The Morgan fingerprint density at radius 1 is 1.38 bits per heavy atom. The van der Waals surface area contributed by atoms with Crippen LogP contribution in [-0.2, 0) is 11.3 Å². The average Bonchev–Trinajstić information content (AvgIpc) is 2.98. The predicted molar refractivity (Wildman–Crippen MR) is 88.7 cm³/mol. The van der Waals surface area contributed by atoms with Crippen LogP contribution in [-0.4, -0.2) is 24.4 Å². The van der Waals surface area contributed by atoms with Gasteiger partial charge in [0.2, 0.25) is 5.91 Å². The van der Waals surface area contributed by atoms with E-state index in [1.165, 1.54) is 4.88 Å². The lowest BCUT2D eigenvalue weighted by atomic mass is 10.2. The highest BCUT2D eigenvalue weighted by Gasteiger charge is 2.15. The molecular formula is C16H19ClN2OS. The summed E-state index contributed by atoms with van der Waals surface area (Å²) in [7, 11) is 1.96. The SMILES string of the molecule is CC(c1cccs1)N(C)CC(=O)NCc1cccc(Cl)c1. The first kappa shape index (κ1) is 16.0. The fourth-order valence-corrected chi connectivity index (χ4v) is 3.07. The van der Waals surface area contributed by atoms with Gasteiger partial charge < -0.3 is 5.32 Å². The van der Waals surface area contributed by atoms with E-state index >= 15 is 0 Å². The molecule has 1 unspecified atom stereocenters. The second kappa shape index (κ2) is 7.59. The number of amides is 1. The molecule has 0 saturated carbocycles. The molecule has 0 saturated heterocycles. The minimum Gasteiger partial charge on any atom is -0.351 e. The first-order valence-corrected chi connectivity index (χ1v) is 8.07. The van der Waals surface area contributed by atoms with Gasteiger partial charge in [-0.15, -0.1) is 11.3 Å². The zero-order chi connectivity index (χ0) is 15.2. The highest BCUT2D eigenvalue weighted by atomic mass is 35.5. The maximum atomic E-state index is 12.0. The lowest BCUT2D eigenvalue weighted by molar-refractivity contribution is -0.122. The van der Waals surface area contributed by atoms with Gasteiger partial charge in [0.25, 0.3) is 0 Å². The Morgan fingerprint density at radius 3 is 2.86 bits per heavy atom. The van der Waals surface area contributed by atoms with Gasteiger partial charge in [-0.25, -0.2) is 0 Å². The van der Waals surface area contributed by atoms with Crippen LogP contribution in [0.4, 0.5) is 0 Å². The number of benzene rings is 1. The van der Waals surface area contributed by atoms with E-state index < -0.39 is 0 Å². The quantitative estimate of drug-likeness (QED) is 0.879. The monoisotopic (exact) mass is 322 g/mol. The molecule has 3 nitrogen and oxygen atoms in total. The zero-order valence-electron chi connectivity index (χ0n) is 12.2. The molecule has 0 aliphatic rings. The Kier molecular flexibility index (Phi) is 5.79. The molecule has 1 N–H and O–H groups in total. The molecule has 5 heteroatoms. The van der Waals surface area contributed by atoms with E-state index in [9.17, 15) is 4.79 Å². The van der Waals surface area contributed by atoms with E-state index in [0.717, 1.165) is 5.56 Å². The van der Waals surface area contributed by atoms with Gasteiger partial charge in [-0.05, 0) is 43.1 Å². The predicted octanol–water partition coefficient (Wildman–Crippen LogP) is 3.71. The Balaban J connectivity index is 1.81. The minimum atomic E-state index is 0.0147. The summed E-state index contributed by atoms with van der Waals surface area (Å²) >= 11 is 7.63. The van der Waals surface area contributed by atoms with Gasteiger partial charge in [0, 0.05) is 22.5 Å². The minimum absolute atomic E-state index is 0.0147. The number of hydrogen-bond acceptors (Lipinski definition) is 3. The molecule has 1 amide bonds. The van der Waals surface area contributed by atoms with Gasteiger partial charge in [-0.2, -0.15) is 0 Å². The molecule has 1 aromatic heterocycles. The first-order valence-electron chi connectivity index (χ1n) is 6.81. The number of halogens is 1. The molecule has 1 atom stereocenters. The fraction of sp³-hybridized carbons (Fsp3) is 0.312. The molecule has 2 aromatic rings. The molecule has 2 rings (SSSR count). The summed E-state index contributed by atoms with van der Waals surface area (Å²) in [5.41, 5.74) is 1.00. The third-order valence-electron chi connectivity index (χ3n) is 3.39. The number of nitrogens with zero attached hydrogens (tertiary/aromatic N) is 1. The van der Waals surface area contributed by atoms with Crippen molar-refractivity contribution >= 4 is 28.8 Å². The maximum Gasteiger partial charge on any atom is 0.234 e. The van der Waals surface area contributed by atoms with Crippen molar-refractivity contribution in [3.8, 4) is 0 Å². The van der Waals surface area contributed by atoms with Crippen LogP contribution in [0.1, 0.15) is 23.4 Å². The number of rotatable bonds is 6. The average molecular weight is 323 g/mol. The molecule has 21 heavy (non-hydrogen) atoms. The number of likely N-dealkylation sites (N-methyl/N-ethyl adjacent to an activating group) is 1. The van der Waals surface area contributed by atoms with Gasteiger partial charge in [0.05, 0.1) is 6.54 Å². The molecule has 0 bridgehead atoms. The van der Waals surface area contributed by atoms with Crippen LogP contribution in [0, 0.1) is 0 Å². The zero-order valence-corrected chi connectivity index (χ0v) is 13.7. The summed E-state index contributed by atoms with van der Waals surface area (Å²) in [5.74, 6) is 0.0147. The van der Waals surface area contributed by atoms with E-state index in [1.807, 2.05) is 42.3 Å². The normalized spacial score (nSPS) is 12.4. The van der Waals surface area contributed by atoms with Gasteiger partial charge in [-0.3, -0.25) is 9.69 Å². The highest BCUT2D eigenvalue weighted by Crippen LogP contribution is 2.22. The topological polar surface area (TPSA) is 32.3 Å². The van der Waals surface area contributed by atoms with Crippen molar-refractivity contribution in [2.45, 2.75) is 19.5 Å². The number of nitrogens with one attached hydrogen (secondary N) is 1. The Labute approximate surface area is 134 Å². The Morgan fingerprint density at radius 2 is 2.19 bits per heavy atom. The molecule has 1 heterocycles. The van der Waals surface area contributed by atoms with Crippen molar-refractivity contribution < 1.29 is 4.79 Å². The summed E-state index contributed by atoms with van der Waals surface area (Å²) < 4.78 is 0. The van der Waals surface area contributed by atoms with Crippen molar-refractivity contribution in [3.63, 3.8) is 0 Å². The maximum absolute atomic E-state index is 12.0. The summed E-state index contributed by atoms with van der Waals surface area (Å²) in [4.78, 5) is 15.3. The first-order chi connectivity index (χ1) is 10.1. The second-order valence-electron chi connectivity index (χ2n) is 5.01. The van der Waals surface area contributed by atoms with E-state index in [2.05, 4.69) is 23.7 Å². The van der Waals surface area contributed by atoms with Crippen molar-refractivity contribution in [2.75, 3.05) is 13.6 Å². The van der Waals surface area contributed by atoms with E-state index in [1.54, 1.807) is 11.3 Å². The van der Waals surface area contributed by atoms with E-state index in [4.69, 9.17) is 11.6 Å². The van der Waals surface area contributed by atoms with Gasteiger partial charge >= 0.3 is 0 Å². The lowest BCUT2D eigenvalue weighted by Crippen LogP contribution is -2.35. The van der Waals surface area contributed by atoms with Crippen molar-refractivity contribution in [2.24, 2.45) is 0 Å². The van der Waals surface area contributed by atoms with Crippen molar-refractivity contribution in [1.82, 2.24) is 10.2 Å². The molecular weight excluding hydrogens is 304 g/mol. The van der Waals surface area contributed by atoms with Crippen LogP contribution >= 0.6 is 22.9 Å². The molecule has 0 aliphatic carbocycles. The molecule has 0 spiro atoms. The molecule has 112 valence electrons. The third-order valence-corrected chi connectivity index (χ3v) is 4.67. The summed E-state index contributed by atoms with van der Waals surface area (Å²) in [5, 5.41) is 5.66. The third kappa shape index (κ3) is 4.84. The van der Waals surface area contributed by atoms with Crippen LogP contribution in [0.15, 0.2) is 41.8 Å². The van der Waals surface area contributed by atoms with Crippen LogP contribution in [0.5, 0.6) is 0 Å². The summed E-state index contributed by atoms with van der Waals surface area (Å²) in [6.45, 7) is 2.98. The Hall–Kier alpha value is -1.36. The fourth-order valence-electron chi connectivity index (χ4n) is 2.01. The van der Waals surface area contributed by atoms with Gasteiger partial charge in [0.15, 0.2) is 0 Å².